The standard InChI is InChI=1S/C27H31N7O5S/c1-17(2)31(4)22(35)16-32-24(36)23-18(3)25(34-29-12-13-30-34)40-26(23)33(27(32)37)15-21(39-14-8-11-28)19-9-6-7-10-20(19)38-5/h6-7,9-10,12-13,17,21H,8,14-16H2,1-5H3/t21-/m0/s1. The third-order valence-corrected chi connectivity index (χ3v) is 7.98. The van der Waals surface area contributed by atoms with E-state index >= 15 is 0 Å². The maximum atomic E-state index is 14.0. The van der Waals surface area contributed by atoms with Crippen LogP contribution in [0.15, 0.2) is 46.2 Å². The minimum Gasteiger partial charge on any atom is -0.496 e. The molecule has 0 radical (unpaired) electrons. The number of para-hydroxylation sites is 1. The summed E-state index contributed by atoms with van der Waals surface area (Å²) in [6, 6.07) is 9.21. The van der Waals surface area contributed by atoms with Gasteiger partial charge in [0.2, 0.25) is 5.91 Å². The molecule has 4 rings (SSSR count). The van der Waals surface area contributed by atoms with E-state index in [4.69, 9.17) is 14.7 Å². The zero-order valence-corrected chi connectivity index (χ0v) is 23.8. The first-order valence-corrected chi connectivity index (χ1v) is 13.5. The third-order valence-electron chi connectivity index (χ3n) is 6.70. The van der Waals surface area contributed by atoms with Gasteiger partial charge in [0, 0.05) is 24.2 Å². The number of hydrogen-bond donors (Lipinski definition) is 0. The normalized spacial score (nSPS) is 12.0. The van der Waals surface area contributed by atoms with Crippen LogP contribution >= 0.6 is 11.3 Å². The Morgan fingerprint density at radius 1 is 1.18 bits per heavy atom. The fourth-order valence-corrected chi connectivity index (χ4v) is 5.53. The second-order valence-electron chi connectivity index (χ2n) is 9.42. The molecule has 0 bridgehead atoms. The second kappa shape index (κ2) is 12.3. The van der Waals surface area contributed by atoms with Crippen molar-refractivity contribution in [1.29, 1.82) is 5.26 Å². The molecule has 0 fully saturated rings. The maximum absolute atomic E-state index is 14.0. The molecule has 0 aliphatic rings. The Morgan fingerprint density at radius 2 is 1.88 bits per heavy atom. The molecule has 0 unspecified atom stereocenters. The van der Waals surface area contributed by atoms with Gasteiger partial charge in [0.05, 0.1) is 50.5 Å². The maximum Gasteiger partial charge on any atom is 0.332 e. The Balaban J connectivity index is 1.94. The number of carbonyl (C=O) groups is 1. The van der Waals surface area contributed by atoms with Crippen molar-refractivity contribution in [2.75, 3.05) is 20.8 Å². The van der Waals surface area contributed by atoms with Crippen molar-refractivity contribution in [3.05, 3.63) is 68.6 Å². The summed E-state index contributed by atoms with van der Waals surface area (Å²) >= 11 is 1.20. The van der Waals surface area contributed by atoms with E-state index in [2.05, 4.69) is 16.3 Å². The van der Waals surface area contributed by atoms with Crippen LogP contribution < -0.4 is 16.0 Å². The van der Waals surface area contributed by atoms with Crippen LogP contribution in [0.1, 0.15) is 37.5 Å². The number of ether oxygens (including phenoxy) is 2. The highest BCUT2D eigenvalue weighted by molar-refractivity contribution is 7.21. The van der Waals surface area contributed by atoms with Gasteiger partial charge in [-0.05, 0) is 26.8 Å². The van der Waals surface area contributed by atoms with Crippen molar-refractivity contribution in [2.45, 2.75) is 52.4 Å². The molecule has 0 aliphatic heterocycles. The summed E-state index contributed by atoms with van der Waals surface area (Å²) in [5, 5.41) is 18.4. The quantitative estimate of drug-likeness (QED) is 0.253. The SMILES string of the molecule is COc1ccccc1[C@H](Cn1c(=O)n(CC(=O)N(C)C(C)C)c(=O)c2c(C)c(-n3nccn3)sc21)OCCC#N. The van der Waals surface area contributed by atoms with Crippen LogP contribution in [0.3, 0.4) is 0 Å². The van der Waals surface area contributed by atoms with Gasteiger partial charge in [0.15, 0.2) is 0 Å². The molecule has 4 aromatic rings. The molecular weight excluding hydrogens is 534 g/mol. The van der Waals surface area contributed by atoms with Crippen LogP contribution in [0, 0.1) is 18.3 Å². The number of benzene rings is 1. The van der Waals surface area contributed by atoms with Gasteiger partial charge in [0.25, 0.3) is 5.56 Å². The van der Waals surface area contributed by atoms with Gasteiger partial charge in [-0.1, -0.05) is 29.5 Å². The predicted octanol–water partition coefficient (Wildman–Crippen LogP) is 2.66. The summed E-state index contributed by atoms with van der Waals surface area (Å²) < 4.78 is 14.1. The van der Waals surface area contributed by atoms with Crippen molar-refractivity contribution in [3.8, 4) is 16.8 Å². The van der Waals surface area contributed by atoms with Gasteiger partial charge in [-0.15, -0.1) is 4.80 Å². The van der Waals surface area contributed by atoms with E-state index in [0.717, 1.165) is 4.57 Å². The number of thiophene rings is 1. The highest BCUT2D eigenvalue weighted by Crippen LogP contribution is 2.33. The Morgan fingerprint density at radius 3 is 2.52 bits per heavy atom. The number of aryl methyl sites for hydroxylation is 1. The molecule has 1 amide bonds. The number of nitrogens with zero attached hydrogens (tertiary/aromatic N) is 7. The summed E-state index contributed by atoms with van der Waals surface area (Å²) in [4.78, 5) is 44.0. The lowest BCUT2D eigenvalue weighted by atomic mass is 10.1. The molecule has 1 aromatic carbocycles. The van der Waals surface area contributed by atoms with Crippen molar-refractivity contribution < 1.29 is 14.3 Å². The van der Waals surface area contributed by atoms with E-state index in [1.807, 2.05) is 32.0 Å². The Labute approximate surface area is 234 Å². The van der Waals surface area contributed by atoms with E-state index in [1.54, 1.807) is 27.1 Å². The van der Waals surface area contributed by atoms with Crippen molar-refractivity contribution in [2.24, 2.45) is 0 Å². The number of hydrogen-bond acceptors (Lipinski definition) is 9. The summed E-state index contributed by atoms with van der Waals surface area (Å²) in [5.41, 5.74) is 0.0624. The van der Waals surface area contributed by atoms with Crippen LogP contribution in [-0.4, -0.2) is 61.7 Å². The molecule has 12 nitrogen and oxygen atoms in total. The van der Waals surface area contributed by atoms with E-state index in [0.29, 0.717) is 32.1 Å². The van der Waals surface area contributed by atoms with Crippen molar-refractivity contribution >= 4 is 27.5 Å². The number of aromatic nitrogens is 5. The number of carbonyl (C=O) groups excluding carboxylic acids is 1. The number of methoxy groups -OCH3 is 1. The molecule has 0 saturated heterocycles. The summed E-state index contributed by atoms with van der Waals surface area (Å²) in [6.45, 7) is 5.18. The smallest absolute Gasteiger partial charge is 0.332 e. The first-order valence-electron chi connectivity index (χ1n) is 12.7. The summed E-state index contributed by atoms with van der Waals surface area (Å²) in [6.07, 6.45) is 2.50. The Kier molecular flexibility index (Phi) is 8.81. The highest BCUT2D eigenvalue weighted by atomic mass is 32.1. The topological polar surface area (TPSA) is 137 Å². The second-order valence-corrected chi connectivity index (χ2v) is 10.4. The fraction of sp³-hybridized carbons (Fsp3) is 0.407. The third kappa shape index (κ3) is 5.54. The summed E-state index contributed by atoms with van der Waals surface area (Å²) in [7, 11) is 3.17. The molecule has 3 heterocycles. The molecule has 0 saturated carbocycles. The van der Waals surface area contributed by atoms with Gasteiger partial charge < -0.3 is 14.4 Å². The molecule has 0 spiro atoms. The number of nitriles is 1. The number of fused-ring (bicyclic) bond motifs is 1. The van der Waals surface area contributed by atoms with Gasteiger partial charge >= 0.3 is 5.69 Å². The molecule has 0 aliphatic carbocycles. The molecule has 210 valence electrons. The zero-order valence-electron chi connectivity index (χ0n) is 23.0. The minimum absolute atomic E-state index is 0.00154. The lowest BCUT2D eigenvalue weighted by Crippen LogP contribution is -2.45. The largest absolute Gasteiger partial charge is 0.496 e. The van der Waals surface area contributed by atoms with E-state index < -0.39 is 23.9 Å². The molecule has 13 heteroatoms. The first-order chi connectivity index (χ1) is 19.2. The lowest BCUT2D eigenvalue weighted by Gasteiger charge is -2.23. The van der Waals surface area contributed by atoms with Crippen LogP contribution in [0.4, 0.5) is 0 Å². The fourth-order valence-electron chi connectivity index (χ4n) is 4.32. The van der Waals surface area contributed by atoms with Crippen LogP contribution in [-0.2, 0) is 22.6 Å². The van der Waals surface area contributed by atoms with E-state index in [-0.39, 0.29) is 31.5 Å². The predicted molar refractivity (Wildman–Crippen MR) is 150 cm³/mol. The first kappa shape index (κ1) is 28.7. The molecule has 1 atom stereocenters. The molecule has 0 N–H and O–H groups in total. The summed E-state index contributed by atoms with van der Waals surface area (Å²) in [5.74, 6) is 0.188. The monoisotopic (exact) mass is 565 g/mol. The zero-order chi connectivity index (χ0) is 29.0. The van der Waals surface area contributed by atoms with Crippen molar-refractivity contribution in [1.82, 2.24) is 29.0 Å². The van der Waals surface area contributed by atoms with Crippen LogP contribution in [0.25, 0.3) is 15.2 Å². The van der Waals surface area contributed by atoms with E-state index in [1.165, 1.54) is 38.0 Å². The van der Waals surface area contributed by atoms with E-state index in [9.17, 15) is 14.4 Å². The lowest BCUT2D eigenvalue weighted by molar-refractivity contribution is -0.132. The van der Waals surface area contributed by atoms with Gasteiger partial charge in [-0.3, -0.25) is 18.7 Å². The van der Waals surface area contributed by atoms with Gasteiger partial charge in [-0.2, -0.15) is 15.5 Å². The van der Waals surface area contributed by atoms with Gasteiger partial charge in [-0.25, -0.2) is 4.79 Å². The average Bonchev–Trinajstić information content (AvgIpc) is 3.60. The van der Waals surface area contributed by atoms with Crippen molar-refractivity contribution in [3.63, 3.8) is 0 Å². The Bertz CT molecular complexity index is 1660. The molecular formula is C27H31N7O5S. The number of rotatable bonds is 11. The number of likely N-dealkylation sites (N-methyl/N-ethyl adjacent to an activating group) is 1. The molecule has 3 aromatic heterocycles. The highest BCUT2D eigenvalue weighted by Gasteiger charge is 2.26. The van der Waals surface area contributed by atoms with Gasteiger partial charge in [0.1, 0.15) is 28.2 Å². The molecule has 40 heavy (non-hydrogen) atoms. The Hall–Kier alpha value is -4.28. The minimum atomic E-state index is -0.695. The van der Waals surface area contributed by atoms with Crippen LogP contribution in [0.5, 0.6) is 5.75 Å². The average molecular weight is 566 g/mol. The number of amides is 1. The van der Waals surface area contributed by atoms with Crippen LogP contribution in [0.2, 0.25) is 0 Å².